The van der Waals surface area contributed by atoms with Crippen molar-refractivity contribution in [2.75, 3.05) is 11.4 Å². The summed E-state index contributed by atoms with van der Waals surface area (Å²) in [6.07, 6.45) is 1.07. The summed E-state index contributed by atoms with van der Waals surface area (Å²) in [5.74, 6) is -0.421. The number of amides is 2. The number of carbonyl (C=O) groups excluding carboxylic acids is 2. The standard InChI is InChI=1S/C19H16Cl2N2O2/c20-14-7-15(21)9-16(8-14)23-18(24)10-17(19(23)25)22-6-5-12-3-1-2-4-13(12)11-22/h1-4,7-9,17H,5-6,10-11H2/t17-/m0/s1. The van der Waals surface area contributed by atoms with Crippen LogP contribution in [-0.2, 0) is 22.6 Å². The first-order valence-corrected chi connectivity index (χ1v) is 8.92. The molecule has 1 atom stereocenters. The van der Waals surface area contributed by atoms with E-state index in [4.69, 9.17) is 23.2 Å². The smallest absolute Gasteiger partial charge is 0.251 e. The molecule has 0 bridgehead atoms. The molecule has 0 aliphatic carbocycles. The zero-order valence-corrected chi connectivity index (χ0v) is 14.9. The van der Waals surface area contributed by atoms with Gasteiger partial charge in [-0.1, -0.05) is 47.5 Å². The third kappa shape index (κ3) is 3.06. The number of anilines is 1. The Morgan fingerprint density at radius 3 is 2.36 bits per heavy atom. The second-order valence-corrected chi connectivity index (χ2v) is 7.28. The summed E-state index contributed by atoms with van der Waals surface area (Å²) in [5, 5.41) is 0.803. The topological polar surface area (TPSA) is 40.6 Å². The van der Waals surface area contributed by atoms with Crippen LogP contribution in [0.4, 0.5) is 5.69 Å². The van der Waals surface area contributed by atoms with Crippen molar-refractivity contribution in [2.24, 2.45) is 0 Å². The average Bonchev–Trinajstić information content (AvgIpc) is 2.88. The molecule has 0 unspecified atom stereocenters. The van der Waals surface area contributed by atoms with Crippen molar-refractivity contribution in [1.29, 1.82) is 0 Å². The monoisotopic (exact) mass is 374 g/mol. The van der Waals surface area contributed by atoms with E-state index in [0.717, 1.165) is 13.0 Å². The van der Waals surface area contributed by atoms with Crippen LogP contribution in [0, 0.1) is 0 Å². The molecule has 2 aliphatic rings. The van der Waals surface area contributed by atoms with E-state index in [1.807, 2.05) is 12.1 Å². The zero-order chi connectivity index (χ0) is 17.6. The van der Waals surface area contributed by atoms with E-state index in [9.17, 15) is 9.59 Å². The van der Waals surface area contributed by atoms with Crippen LogP contribution in [0.1, 0.15) is 17.5 Å². The summed E-state index contributed by atoms with van der Waals surface area (Å²) in [5.41, 5.74) is 2.97. The van der Waals surface area contributed by atoms with E-state index in [2.05, 4.69) is 17.0 Å². The largest absolute Gasteiger partial charge is 0.287 e. The van der Waals surface area contributed by atoms with Crippen molar-refractivity contribution in [3.8, 4) is 0 Å². The number of hydrogen-bond donors (Lipinski definition) is 0. The number of benzene rings is 2. The summed E-state index contributed by atoms with van der Waals surface area (Å²) >= 11 is 12.0. The number of nitrogens with zero attached hydrogens (tertiary/aromatic N) is 2. The molecular formula is C19H16Cl2N2O2. The van der Waals surface area contributed by atoms with Crippen molar-refractivity contribution in [1.82, 2.24) is 4.90 Å². The number of halogens is 2. The molecule has 0 spiro atoms. The predicted octanol–water partition coefficient (Wildman–Crippen LogP) is 3.68. The Morgan fingerprint density at radius 2 is 1.64 bits per heavy atom. The van der Waals surface area contributed by atoms with Crippen LogP contribution >= 0.6 is 23.2 Å². The summed E-state index contributed by atoms with van der Waals surface area (Å²) < 4.78 is 0. The van der Waals surface area contributed by atoms with Crippen LogP contribution in [0.3, 0.4) is 0 Å². The second-order valence-electron chi connectivity index (χ2n) is 6.40. The van der Waals surface area contributed by atoms with Gasteiger partial charge in [0.2, 0.25) is 5.91 Å². The number of rotatable bonds is 2. The van der Waals surface area contributed by atoms with Crippen LogP contribution in [0.5, 0.6) is 0 Å². The van der Waals surface area contributed by atoms with Gasteiger partial charge in [-0.2, -0.15) is 0 Å². The van der Waals surface area contributed by atoms with E-state index in [1.54, 1.807) is 18.2 Å². The lowest BCUT2D eigenvalue weighted by Crippen LogP contribution is -2.44. The summed E-state index contributed by atoms with van der Waals surface area (Å²) in [6.45, 7) is 1.45. The highest BCUT2D eigenvalue weighted by Gasteiger charge is 2.43. The van der Waals surface area contributed by atoms with Gasteiger partial charge in [-0.3, -0.25) is 14.5 Å². The lowest BCUT2D eigenvalue weighted by Gasteiger charge is -2.32. The molecule has 2 aromatic rings. The summed E-state index contributed by atoms with van der Waals surface area (Å²) in [7, 11) is 0. The Bertz CT molecular complexity index is 848. The highest BCUT2D eigenvalue weighted by molar-refractivity contribution is 6.35. The quantitative estimate of drug-likeness (QED) is 0.752. The van der Waals surface area contributed by atoms with Gasteiger partial charge in [0.1, 0.15) is 0 Å². The molecule has 2 aliphatic heterocycles. The third-order valence-corrected chi connectivity index (χ3v) is 5.27. The Morgan fingerprint density at radius 1 is 0.960 bits per heavy atom. The van der Waals surface area contributed by atoms with Gasteiger partial charge >= 0.3 is 0 Å². The highest BCUT2D eigenvalue weighted by Crippen LogP contribution is 2.32. The van der Waals surface area contributed by atoms with Crippen molar-refractivity contribution < 1.29 is 9.59 Å². The predicted molar refractivity (Wildman–Crippen MR) is 97.9 cm³/mol. The molecule has 0 aromatic heterocycles. The van der Waals surface area contributed by atoms with Gasteiger partial charge in [-0.25, -0.2) is 4.90 Å². The zero-order valence-electron chi connectivity index (χ0n) is 13.4. The molecule has 0 saturated carbocycles. The second kappa shape index (κ2) is 6.45. The number of fused-ring (bicyclic) bond motifs is 1. The molecular weight excluding hydrogens is 359 g/mol. The lowest BCUT2D eigenvalue weighted by molar-refractivity contribution is -0.123. The molecule has 0 radical (unpaired) electrons. The molecule has 2 aromatic carbocycles. The molecule has 2 heterocycles. The van der Waals surface area contributed by atoms with Gasteiger partial charge in [0.15, 0.2) is 0 Å². The minimum atomic E-state index is -0.432. The number of carbonyl (C=O) groups is 2. The van der Waals surface area contributed by atoms with E-state index < -0.39 is 6.04 Å². The maximum atomic E-state index is 12.9. The molecule has 4 rings (SSSR count). The van der Waals surface area contributed by atoms with Gasteiger partial charge in [0.05, 0.1) is 18.2 Å². The fourth-order valence-electron chi connectivity index (χ4n) is 3.62. The van der Waals surface area contributed by atoms with Crippen LogP contribution in [0.25, 0.3) is 0 Å². The molecule has 1 fully saturated rings. The Kier molecular flexibility index (Phi) is 4.28. The van der Waals surface area contributed by atoms with Crippen LogP contribution in [0.2, 0.25) is 10.0 Å². The van der Waals surface area contributed by atoms with Crippen molar-refractivity contribution in [3.05, 3.63) is 63.6 Å². The molecule has 6 heteroatoms. The Balaban J connectivity index is 1.60. The fourth-order valence-corrected chi connectivity index (χ4v) is 4.14. The van der Waals surface area contributed by atoms with Crippen LogP contribution in [-0.4, -0.2) is 29.3 Å². The third-order valence-electron chi connectivity index (χ3n) is 4.83. The van der Waals surface area contributed by atoms with Crippen molar-refractivity contribution in [3.63, 3.8) is 0 Å². The van der Waals surface area contributed by atoms with Crippen molar-refractivity contribution in [2.45, 2.75) is 25.4 Å². The maximum Gasteiger partial charge on any atom is 0.251 e. The molecule has 1 saturated heterocycles. The fraction of sp³-hybridized carbons (Fsp3) is 0.263. The van der Waals surface area contributed by atoms with E-state index in [0.29, 0.717) is 22.3 Å². The number of hydrogen-bond acceptors (Lipinski definition) is 3. The van der Waals surface area contributed by atoms with E-state index in [1.165, 1.54) is 16.0 Å². The molecule has 25 heavy (non-hydrogen) atoms. The molecule has 0 N–H and O–H groups in total. The molecule has 2 amide bonds. The van der Waals surface area contributed by atoms with Crippen LogP contribution < -0.4 is 4.90 Å². The Hall–Kier alpha value is -1.88. The first-order valence-electron chi connectivity index (χ1n) is 8.16. The first kappa shape index (κ1) is 16.6. The number of imide groups is 1. The summed E-state index contributed by atoms with van der Waals surface area (Å²) in [6, 6.07) is 12.6. The van der Waals surface area contributed by atoms with E-state index >= 15 is 0 Å². The minimum absolute atomic E-state index is 0.186. The normalized spacial score (nSPS) is 20.9. The van der Waals surface area contributed by atoms with Gasteiger partial charge in [0.25, 0.3) is 5.91 Å². The Labute approximate surface area is 155 Å². The van der Waals surface area contributed by atoms with Gasteiger partial charge in [0, 0.05) is 23.1 Å². The maximum absolute atomic E-state index is 12.9. The molecule has 128 valence electrons. The minimum Gasteiger partial charge on any atom is -0.287 e. The highest BCUT2D eigenvalue weighted by atomic mass is 35.5. The average molecular weight is 375 g/mol. The first-order chi connectivity index (χ1) is 12.0. The molecule has 4 nitrogen and oxygen atoms in total. The van der Waals surface area contributed by atoms with Crippen LogP contribution in [0.15, 0.2) is 42.5 Å². The lowest BCUT2D eigenvalue weighted by atomic mass is 9.98. The van der Waals surface area contributed by atoms with Gasteiger partial charge in [-0.15, -0.1) is 0 Å². The summed E-state index contributed by atoms with van der Waals surface area (Å²) in [4.78, 5) is 28.7. The SMILES string of the molecule is O=C1C[C@H](N2CCc3ccccc3C2)C(=O)N1c1cc(Cl)cc(Cl)c1. The van der Waals surface area contributed by atoms with Gasteiger partial charge < -0.3 is 0 Å². The van der Waals surface area contributed by atoms with E-state index in [-0.39, 0.29) is 18.2 Å². The van der Waals surface area contributed by atoms with Crippen molar-refractivity contribution >= 4 is 40.7 Å². The van der Waals surface area contributed by atoms with Gasteiger partial charge in [-0.05, 0) is 35.7 Å².